The summed E-state index contributed by atoms with van der Waals surface area (Å²) < 4.78 is 3.77. The van der Waals surface area contributed by atoms with Crippen LogP contribution in [0.3, 0.4) is 0 Å². The molecule has 2 aromatic rings. The van der Waals surface area contributed by atoms with Gasteiger partial charge in [0.25, 0.3) is 0 Å². The Kier molecular flexibility index (Phi) is 4.76. The topological polar surface area (TPSA) is 68.0 Å². The van der Waals surface area contributed by atoms with Crippen molar-refractivity contribution in [1.82, 2.24) is 24.5 Å². The zero-order valence-electron chi connectivity index (χ0n) is 13.8. The summed E-state index contributed by atoms with van der Waals surface area (Å²) in [6, 6.07) is 4.18. The van der Waals surface area contributed by atoms with Gasteiger partial charge in [0.15, 0.2) is 0 Å². The highest BCUT2D eigenvalue weighted by Crippen LogP contribution is 2.24. The van der Waals surface area contributed by atoms with Gasteiger partial charge in [0.2, 0.25) is 5.91 Å². The maximum Gasteiger partial charge on any atom is 0.225 e. The number of aryl methyl sites for hydroxylation is 2. The highest BCUT2D eigenvalue weighted by atomic mass is 16.1. The number of piperidine rings is 1. The number of anilines is 1. The van der Waals surface area contributed by atoms with Gasteiger partial charge in [0.1, 0.15) is 5.82 Å². The third kappa shape index (κ3) is 3.79. The molecule has 1 N–H and O–H groups in total. The molecule has 23 heavy (non-hydrogen) atoms. The molecule has 2 aromatic heterocycles. The van der Waals surface area contributed by atoms with E-state index in [4.69, 9.17) is 0 Å². The van der Waals surface area contributed by atoms with Crippen molar-refractivity contribution in [2.24, 2.45) is 7.05 Å². The van der Waals surface area contributed by atoms with Gasteiger partial charge >= 0.3 is 0 Å². The Morgan fingerprint density at radius 1 is 1.22 bits per heavy atom. The maximum atomic E-state index is 12.2. The van der Waals surface area contributed by atoms with Crippen LogP contribution in [0.5, 0.6) is 0 Å². The van der Waals surface area contributed by atoms with Crippen LogP contribution in [-0.2, 0) is 18.3 Å². The van der Waals surface area contributed by atoms with E-state index in [1.807, 2.05) is 23.9 Å². The molecule has 7 nitrogen and oxygen atoms in total. The Morgan fingerprint density at radius 2 is 1.96 bits per heavy atom. The lowest BCUT2D eigenvalue weighted by molar-refractivity contribution is -0.116. The van der Waals surface area contributed by atoms with E-state index in [0.29, 0.717) is 18.9 Å². The Bertz CT molecular complexity index is 653. The van der Waals surface area contributed by atoms with Crippen LogP contribution in [0.2, 0.25) is 0 Å². The van der Waals surface area contributed by atoms with E-state index in [0.717, 1.165) is 37.4 Å². The Balaban J connectivity index is 1.57. The van der Waals surface area contributed by atoms with Gasteiger partial charge in [-0.1, -0.05) is 0 Å². The van der Waals surface area contributed by atoms with Crippen molar-refractivity contribution in [3.8, 4) is 0 Å². The van der Waals surface area contributed by atoms with Crippen molar-refractivity contribution >= 4 is 11.7 Å². The van der Waals surface area contributed by atoms with Crippen LogP contribution in [0.25, 0.3) is 0 Å². The molecule has 0 bridgehead atoms. The van der Waals surface area contributed by atoms with Crippen molar-refractivity contribution < 1.29 is 4.79 Å². The van der Waals surface area contributed by atoms with Crippen LogP contribution in [0.15, 0.2) is 24.5 Å². The van der Waals surface area contributed by atoms with E-state index in [2.05, 4.69) is 27.5 Å². The SMILES string of the molecule is CN1CCC(n2nccc2NC(=O)CCc2ccnn2C)CC1. The van der Waals surface area contributed by atoms with Gasteiger partial charge in [0, 0.05) is 31.4 Å². The summed E-state index contributed by atoms with van der Waals surface area (Å²) >= 11 is 0. The molecular formula is C16H24N6O. The van der Waals surface area contributed by atoms with E-state index in [1.54, 1.807) is 17.1 Å². The first-order valence-corrected chi connectivity index (χ1v) is 8.12. The van der Waals surface area contributed by atoms with E-state index in [9.17, 15) is 4.79 Å². The lowest BCUT2D eigenvalue weighted by Crippen LogP contribution is -2.32. The van der Waals surface area contributed by atoms with Gasteiger partial charge in [-0.05, 0) is 45.5 Å². The molecule has 0 aromatic carbocycles. The number of amides is 1. The second-order valence-electron chi connectivity index (χ2n) is 6.19. The highest BCUT2D eigenvalue weighted by molar-refractivity contribution is 5.89. The average Bonchev–Trinajstić information content (AvgIpc) is 3.15. The van der Waals surface area contributed by atoms with Gasteiger partial charge in [0.05, 0.1) is 12.2 Å². The molecule has 0 radical (unpaired) electrons. The first-order chi connectivity index (χ1) is 11.1. The summed E-state index contributed by atoms with van der Waals surface area (Å²) in [6.07, 6.45) is 6.77. The van der Waals surface area contributed by atoms with E-state index in [-0.39, 0.29) is 5.91 Å². The molecule has 1 saturated heterocycles. The van der Waals surface area contributed by atoms with Crippen LogP contribution in [0, 0.1) is 0 Å². The molecule has 1 aliphatic heterocycles. The predicted molar refractivity (Wildman–Crippen MR) is 88.2 cm³/mol. The Morgan fingerprint density at radius 3 is 2.65 bits per heavy atom. The minimum atomic E-state index is 0.0147. The lowest BCUT2D eigenvalue weighted by Gasteiger charge is -2.30. The first-order valence-electron chi connectivity index (χ1n) is 8.12. The number of hydrogen-bond donors (Lipinski definition) is 1. The average molecular weight is 316 g/mol. The number of likely N-dealkylation sites (tertiary alicyclic amines) is 1. The summed E-state index contributed by atoms with van der Waals surface area (Å²) in [7, 11) is 4.03. The third-order valence-electron chi connectivity index (χ3n) is 4.50. The first kappa shape index (κ1) is 15.7. The number of nitrogens with zero attached hydrogens (tertiary/aromatic N) is 5. The molecule has 7 heteroatoms. The van der Waals surface area contributed by atoms with E-state index >= 15 is 0 Å². The number of aromatic nitrogens is 4. The van der Waals surface area contributed by atoms with Crippen molar-refractivity contribution in [3.63, 3.8) is 0 Å². The van der Waals surface area contributed by atoms with Crippen LogP contribution in [0.4, 0.5) is 5.82 Å². The summed E-state index contributed by atoms with van der Waals surface area (Å²) in [4.78, 5) is 14.5. The molecule has 0 saturated carbocycles. The number of rotatable bonds is 5. The Labute approximate surface area is 136 Å². The van der Waals surface area contributed by atoms with Crippen LogP contribution >= 0.6 is 0 Å². The van der Waals surface area contributed by atoms with E-state index < -0.39 is 0 Å². The largest absolute Gasteiger partial charge is 0.311 e. The Hall–Kier alpha value is -2.15. The predicted octanol–water partition coefficient (Wildman–Crippen LogP) is 1.45. The second kappa shape index (κ2) is 6.95. The summed E-state index contributed by atoms with van der Waals surface area (Å²) in [5.74, 6) is 0.815. The molecule has 3 rings (SSSR count). The fraction of sp³-hybridized carbons (Fsp3) is 0.562. The minimum absolute atomic E-state index is 0.0147. The lowest BCUT2D eigenvalue weighted by atomic mass is 10.1. The number of hydrogen-bond acceptors (Lipinski definition) is 4. The fourth-order valence-corrected chi connectivity index (χ4v) is 3.04. The quantitative estimate of drug-likeness (QED) is 0.907. The minimum Gasteiger partial charge on any atom is -0.311 e. The smallest absolute Gasteiger partial charge is 0.225 e. The molecule has 1 aliphatic rings. The molecular weight excluding hydrogens is 292 g/mol. The summed E-state index contributed by atoms with van der Waals surface area (Å²) in [6.45, 7) is 2.14. The molecule has 1 fully saturated rings. The molecule has 0 aliphatic carbocycles. The standard InChI is InChI=1S/C16H24N6O/c1-20-11-7-14(8-12-20)22-15(6-10-18-22)19-16(23)4-3-13-5-9-17-21(13)2/h5-6,9-10,14H,3-4,7-8,11-12H2,1-2H3,(H,19,23). The van der Waals surface area contributed by atoms with Crippen molar-refractivity contribution in [2.75, 3.05) is 25.5 Å². The second-order valence-corrected chi connectivity index (χ2v) is 6.19. The van der Waals surface area contributed by atoms with Crippen LogP contribution in [-0.4, -0.2) is 50.5 Å². The summed E-state index contributed by atoms with van der Waals surface area (Å²) in [5, 5.41) is 11.5. The monoisotopic (exact) mass is 316 g/mol. The van der Waals surface area contributed by atoms with Crippen LogP contribution < -0.4 is 5.32 Å². The van der Waals surface area contributed by atoms with Gasteiger partial charge in [-0.2, -0.15) is 10.2 Å². The molecule has 0 unspecified atom stereocenters. The number of carbonyl (C=O) groups is 1. The van der Waals surface area contributed by atoms with Gasteiger partial charge in [-0.3, -0.25) is 9.48 Å². The molecule has 0 spiro atoms. The molecule has 0 atom stereocenters. The van der Waals surface area contributed by atoms with Gasteiger partial charge in [-0.15, -0.1) is 0 Å². The van der Waals surface area contributed by atoms with Gasteiger partial charge < -0.3 is 10.2 Å². The third-order valence-corrected chi connectivity index (χ3v) is 4.50. The maximum absolute atomic E-state index is 12.2. The zero-order valence-corrected chi connectivity index (χ0v) is 13.8. The molecule has 124 valence electrons. The fourth-order valence-electron chi connectivity index (χ4n) is 3.04. The zero-order chi connectivity index (χ0) is 16.2. The van der Waals surface area contributed by atoms with Crippen molar-refractivity contribution in [3.05, 3.63) is 30.2 Å². The van der Waals surface area contributed by atoms with E-state index in [1.165, 1.54) is 0 Å². The van der Waals surface area contributed by atoms with Gasteiger partial charge in [-0.25, -0.2) is 4.68 Å². The van der Waals surface area contributed by atoms with Crippen molar-refractivity contribution in [1.29, 1.82) is 0 Å². The highest BCUT2D eigenvalue weighted by Gasteiger charge is 2.21. The number of nitrogens with one attached hydrogen (secondary N) is 1. The normalized spacial score (nSPS) is 16.6. The molecule has 1 amide bonds. The molecule has 3 heterocycles. The van der Waals surface area contributed by atoms with Crippen molar-refractivity contribution in [2.45, 2.75) is 31.7 Å². The van der Waals surface area contributed by atoms with Crippen LogP contribution in [0.1, 0.15) is 31.0 Å². The summed E-state index contributed by atoms with van der Waals surface area (Å²) in [5.41, 5.74) is 1.06. The number of carbonyl (C=O) groups excluding carboxylic acids is 1.